The third-order valence-electron chi connectivity index (χ3n) is 6.87. The first-order valence-electron chi connectivity index (χ1n) is 12.2. The molecule has 1 saturated carbocycles. The molecule has 178 valence electrons. The van der Waals surface area contributed by atoms with Gasteiger partial charge in [-0.15, -0.1) is 0 Å². The van der Waals surface area contributed by atoms with E-state index in [0.29, 0.717) is 35.1 Å². The van der Waals surface area contributed by atoms with Crippen LogP contribution in [-0.4, -0.2) is 44.9 Å². The van der Waals surface area contributed by atoms with Crippen LogP contribution < -0.4 is 5.56 Å². The van der Waals surface area contributed by atoms with Crippen LogP contribution in [0.2, 0.25) is 0 Å². The summed E-state index contributed by atoms with van der Waals surface area (Å²) in [6.45, 7) is 3.96. The zero-order valence-corrected chi connectivity index (χ0v) is 20.4. The number of ether oxygens (including phenoxy) is 1. The van der Waals surface area contributed by atoms with E-state index >= 15 is 0 Å². The van der Waals surface area contributed by atoms with Crippen molar-refractivity contribution in [2.45, 2.75) is 63.0 Å². The summed E-state index contributed by atoms with van der Waals surface area (Å²) < 4.78 is 7.51. The van der Waals surface area contributed by atoms with E-state index in [-0.39, 0.29) is 29.4 Å². The van der Waals surface area contributed by atoms with Gasteiger partial charge in [0.25, 0.3) is 5.56 Å². The SMILES string of the molecule is CC(C1CC1)N(Cc1ccccc1)C(=O)CSc1nc2ccccc2c(=O)n1CC1CCCO1. The lowest BCUT2D eigenvalue weighted by Gasteiger charge is -2.29. The quantitative estimate of drug-likeness (QED) is 0.336. The van der Waals surface area contributed by atoms with Gasteiger partial charge in [0.1, 0.15) is 0 Å². The van der Waals surface area contributed by atoms with Crippen LogP contribution in [-0.2, 0) is 22.6 Å². The van der Waals surface area contributed by atoms with Gasteiger partial charge in [-0.2, -0.15) is 0 Å². The smallest absolute Gasteiger partial charge is 0.262 e. The number of nitrogens with zero attached hydrogens (tertiary/aromatic N) is 3. The van der Waals surface area contributed by atoms with Crippen molar-refractivity contribution >= 4 is 28.6 Å². The van der Waals surface area contributed by atoms with Crippen LogP contribution in [0.3, 0.4) is 0 Å². The highest BCUT2D eigenvalue weighted by molar-refractivity contribution is 7.99. The molecule has 2 unspecified atom stereocenters. The van der Waals surface area contributed by atoms with Gasteiger partial charge < -0.3 is 9.64 Å². The standard InChI is InChI=1S/C27H31N3O3S/c1-19(21-13-14-21)29(16-20-8-3-2-4-9-20)25(31)18-34-27-28-24-12-6-5-11-23(24)26(32)30(27)17-22-10-7-15-33-22/h2-6,8-9,11-12,19,21-22H,7,10,13-18H2,1H3. The summed E-state index contributed by atoms with van der Waals surface area (Å²) in [5.74, 6) is 0.911. The third-order valence-corrected chi connectivity index (χ3v) is 7.83. The lowest BCUT2D eigenvalue weighted by Crippen LogP contribution is -2.40. The average Bonchev–Trinajstić information content (AvgIpc) is 3.59. The van der Waals surface area contributed by atoms with E-state index in [4.69, 9.17) is 9.72 Å². The minimum Gasteiger partial charge on any atom is -0.376 e. The Bertz CT molecular complexity index is 1200. The summed E-state index contributed by atoms with van der Waals surface area (Å²) >= 11 is 1.36. The first kappa shape index (κ1) is 23.1. The second-order valence-corrected chi connectivity index (χ2v) is 10.3. The average molecular weight is 478 g/mol. The van der Waals surface area contributed by atoms with E-state index in [2.05, 4.69) is 19.1 Å². The molecule has 0 N–H and O–H groups in total. The molecule has 5 rings (SSSR count). The molecule has 0 bridgehead atoms. The van der Waals surface area contributed by atoms with Gasteiger partial charge in [0.15, 0.2) is 5.16 Å². The number of hydrogen-bond acceptors (Lipinski definition) is 5. The Balaban J connectivity index is 1.38. The molecule has 0 spiro atoms. The van der Waals surface area contributed by atoms with Crippen LogP contribution >= 0.6 is 11.8 Å². The fraction of sp³-hybridized carbons (Fsp3) is 0.444. The van der Waals surface area contributed by atoms with Crippen LogP contribution in [0.4, 0.5) is 0 Å². The van der Waals surface area contributed by atoms with Crippen LogP contribution in [0.5, 0.6) is 0 Å². The van der Waals surface area contributed by atoms with Crippen molar-refractivity contribution in [3.8, 4) is 0 Å². The molecular formula is C27H31N3O3S. The summed E-state index contributed by atoms with van der Waals surface area (Å²) in [4.78, 5) is 33.6. The number of amides is 1. The van der Waals surface area contributed by atoms with Crippen LogP contribution in [0, 0.1) is 5.92 Å². The van der Waals surface area contributed by atoms with E-state index in [1.807, 2.05) is 47.4 Å². The number of aromatic nitrogens is 2. The highest BCUT2D eigenvalue weighted by atomic mass is 32.2. The highest BCUT2D eigenvalue weighted by Gasteiger charge is 2.34. The number of carbonyl (C=O) groups is 1. The molecule has 3 aromatic rings. The van der Waals surface area contributed by atoms with Crippen LogP contribution in [0.1, 0.15) is 38.2 Å². The largest absolute Gasteiger partial charge is 0.376 e. The first-order valence-corrected chi connectivity index (χ1v) is 13.2. The number of thioether (sulfide) groups is 1. The molecule has 1 aliphatic carbocycles. The van der Waals surface area contributed by atoms with Gasteiger partial charge in [-0.3, -0.25) is 14.2 Å². The van der Waals surface area contributed by atoms with Crippen molar-refractivity contribution in [3.05, 3.63) is 70.5 Å². The summed E-state index contributed by atoms with van der Waals surface area (Å²) in [5.41, 5.74) is 1.73. The Labute approximate surface area is 204 Å². The Morgan fingerprint density at radius 1 is 1.15 bits per heavy atom. The highest BCUT2D eigenvalue weighted by Crippen LogP contribution is 2.36. The molecule has 1 aliphatic heterocycles. The first-order chi connectivity index (χ1) is 16.6. The molecule has 1 saturated heterocycles. The predicted octanol–water partition coefficient (Wildman–Crippen LogP) is 4.49. The topological polar surface area (TPSA) is 64.4 Å². The van der Waals surface area contributed by atoms with Gasteiger partial charge in [0.05, 0.1) is 29.3 Å². The Morgan fingerprint density at radius 3 is 2.65 bits per heavy atom. The van der Waals surface area contributed by atoms with Gasteiger partial charge in [-0.05, 0) is 56.2 Å². The van der Waals surface area contributed by atoms with E-state index in [1.54, 1.807) is 4.57 Å². The van der Waals surface area contributed by atoms with Crippen molar-refractivity contribution in [3.63, 3.8) is 0 Å². The lowest BCUT2D eigenvalue weighted by atomic mass is 10.1. The molecule has 2 aliphatic rings. The maximum atomic E-state index is 13.5. The summed E-state index contributed by atoms with van der Waals surface area (Å²) in [6, 6.07) is 17.8. The second-order valence-electron chi connectivity index (χ2n) is 9.34. The summed E-state index contributed by atoms with van der Waals surface area (Å²) in [5, 5.41) is 1.19. The molecule has 1 amide bonds. The van der Waals surface area contributed by atoms with Gasteiger partial charge in [0, 0.05) is 19.2 Å². The van der Waals surface area contributed by atoms with Crippen molar-refractivity contribution in [2.24, 2.45) is 5.92 Å². The van der Waals surface area contributed by atoms with E-state index in [9.17, 15) is 9.59 Å². The van der Waals surface area contributed by atoms with Crippen molar-refractivity contribution in [1.82, 2.24) is 14.5 Å². The lowest BCUT2D eigenvalue weighted by molar-refractivity contribution is -0.131. The number of rotatable bonds is 9. The summed E-state index contributed by atoms with van der Waals surface area (Å²) in [7, 11) is 0. The number of carbonyl (C=O) groups excluding carboxylic acids is 1. The van der Waals surface area contributed by atoms with E-state index in [1.165, 1.54) is 24.6 Å². The predicted molar refractivity (Wildman–Crippen MR) is 135 cm³/mol. The molecule has 34 heavy (non-hydrogen) atoms. The normalized spacial score (nSPS) is 18.8. The number of fused-ring (bicyclic) bond motifs is 1. The fourth-order valence-corrected chi connectivity index (χ4v) is 5.59. The van der Waals surface area contributed by atoms with Crippen molar-refractivity contribution < 1.29 is 9.53 Å². The summed E-state index contributed by atoms with van der Waals surface area (Å²) in [6.07, 6.45) is 4.32. The molecule has 7 heteroatoms. The molecule has 2 heterocycles. The maximum absolute atomic E-state index is 13.5. The minimum atomic E-state index is -0.0662. The zero-order chi connectivity index (χ0) is 23.5. The van der Waals surface area contributed by atoms with Crippen LogP contribution in [0.25, 0.3) is 10.9 Å². The number of hydrogen-bond donors (Lipinski definition) is 0. The van der Waals surface area contributed by atoms with E-state index in [0.717, 1.165) is 25.0 Å². The monoisotopic (exact) mass is 477 g/mol. The molecule has 2 atom stereocenters. The van der Waals surface area contributed by atoms with Crippen LogP contribution in [0.15, 0.2) is 64.5 Å². The third kappa shape index (κ3) is 5.20. The van der Waals surface area contributed by atoms with E-state index < -0.39 is 0 Å². The zero-order valence-electron chi connectivity index (χ0n) is 19.6. The molecule has 2 fully saturated rings. The fourth-order valence-electron chi connectivity index (χ4n) is 4.69. The van der Waals surface area contributed by atoms with Gasteiger partial charge in [-0.1, -0.05) is 54.2 Å². The number of benzene rings is 2. The molecule has 0 radical (unpaired) electrons. The Kier molecular flexibility index (Phi) is 7.02. The Hall–Kier alpha value is -2.64. The molecule has 1 aromatic heterocycles. The molecule has 2 aromatic carbocycles. The van der Waals surface area contributed by atoms with Crippen molar-refractivity contribution in [1.29, 1.82) is 0 Å². The second kappa shape index (κ2) is 10.3. The minimum absolute atomic E-state index is 0.0141. The van der Waals surface area contributed by atoms with Gasteiger partial charge in [-0.25, -0.2) is 4.98 Å². The van der Waals surface area contributed by atoms with Gasteiger partial charge in [0.2, 0.25) is 5.91 Å². The maximum Gasteiger partial charge on any atom is 0.262 e. The Morgan fingerprint density at radius 2 is 1.91 bits per heavy atom. The van der Waals surface area contributed by atoms with Crippen molar-refractivity contribution in [2.75, 3.05) is 12.4 Å². The molecular weight excluding hydrogens is 446 g/mol. The van der Waals surface area contributed by atoms with Gasteiger partial charge >= 0.3 is 0 Å². The molecule has 6 nitrogen and oxygen atoms in total. The number of para-hydroxylation sites is 1.